The zero-order valence-electron chi connectivity index (χ0n) is 19.6. The van der Waals surface area contributed by atoms with Gasteiger partial charge in [-0.2, -0.15) is 0 Å². The Hall–Kier alpha value is -1.79. The number of aliphatic hydroxyl groups is 2. The second-order valence-corrected chi connectivity index (χ2v) is 8.95. The fourth-order valence-electron chi connectivity index (χ4n) is 3.27. The average Bonchev–Trinajstić information content (AvgIpc) is 2.79. The largest absolute Gasteiger partial charge is 0.491 e. The highest BCUT2D eigenvalue weighted by molar-refractivity contribution is 6.18. The normalized spacial score (nSPS) is 13.6. The SMILES string of the molecule is CCCCOC[C@@H](O)COc1ccc(C(C)(C)c2ccc(OC[C@@H](O)CCl)c(C)c2)cc1. The minimum absolute atomic E-state index is 0.148. The van der Waals surface area contributed by atoms with Crippen LogP contribution in [-0.2, 0) is 10.2 Å². The molecule has 0 unspecified atom stereocenters. The zero-order valence-corrected chi connectivity index (χ0v) is 20.4. The molecule has 0 aliphatic heterocycles. The van der Waals surface area contributed by atoms with Crippen molar-refractivity contribution < 1.29 is 24.4 Å². The molecule has 2 aromatic carbocycles. The first-order valence-electron chi connectivity index (χ1n) is 11.2. The molecule has 0 aliphatic rings. The molecular formula is C26H37ClO5. The number of aliphatic hydroxyl groups excluding tert-OH is 2. The number of aryl methyl sites for hydroxylation is 1. The summed E-state index contributed by atoms with van der Waals surface area (Å²) in [6.07, 6.45) is 0.753. The number of hydrogen-bond acceptors (Lipinski definition) is 5. The molecule has 2 N–H and O–H groups in total. The highest BCUT2D eigenvalue weighted by Gasteiger charge is 2.24. The van der Waals surface area contributed by atoms with E-state index >= 15 is 0 Å². The van der Waals surface area contributed by atoms with Crippen LogP contribution in [0.15, 0.2) is 42.5 Å². The van der Waals surface area contributed by atoms with E-state index in [1.807, 2.05) is 25.1 Å². The van der Waals surface area contributed by atoms with Gasteiger partial charge in [0, 0.05) is 12.0 Å². The first-order chi connectivity index (χ1) is 15.3. The predicted molar refractivity (Wildman–Crippen MR) is 129 cm³/mol. The minimum Gasteiger partial charge on any atom is -0.491 e. The third-order valence-corrected chi connectivity index (χ3v) is 5.83. The van der Waals surface area contributed by atoms with E-state index in [1.165, 1.54) is 0 Å². The van der Waals surface area contributed by atoms with Gasteiger partial charge in [0.25, 0.3) is 0 Å². The first kappa shape index (κ1) is 26.5. The predicted octanol–water partition coefficient (Wildman–Crippen LogP) is 4.86. The number of rotatable bonds is 14. The molecule has 0 saturated carbocycles. The second-order valence-electron chi connectivity index (χ2n) is 8.64. The number of halogens is 1. The maximum Gasteiger partial charge on any atom is 0.122 e. The van der Waals surface area contributed by atoms with Gasteiger partial charge in [0.1, 0.15) is 36.9 Å². The molecule has 32 heavy (non-hydrogen) atoms. The van der Waals surface area contributed by atoms with Crippen LogP contribution < -0.4 is 9.47 Å². The van der Waals surface area contributed by atoms with Gasteiger partial charge in [0.2, 0.25) is 0 Å². The Kier molecular flexibility index (Phi) is 10.8. The van der Waals surface area contributed by atoms with Crippen molar-refractivity contribution in [3.05, 3.63) is 59.2 Å². The molecular weight excluding hydrogens is 428 g/mol. The van der Waals surface area contributed by atoms with Crippen molar-refractivity contribution in [2.45, 2.75) is 58.2 Å². The fraction of sp³-hybridized carbons (Fsp3) is 0.538. The van der Waals surface area contributed by atoms with Gasteiger partial charge in [-0.3, -0.25) is 0 Å². The van der Waals surface area contributed by atoms with Crippen LogP contribution in [-0.4, -0.2) is 54.7 Å². The quantitative estimate of drug-likeness (QED) is 0.309. The standard InChI is InChI=1S/C26H37ClO5/c1-5-6-13-30-16-23(29)18-31-24-10-7-20(8-11-24)26(3,4)21-9-12-25(19(2)14-21)32-17-22(28)15-27/h7-12,14,22-23,28-29H,5-6,13,15-18H2,1-4H3/t22-,23+/m0/s1. The summed E-state index contributed by atoms with van der Waals surface area (Å²) in [4.78, 5) is 0. The lowest BCUT2D eigenvalue weighted by atomic mass is 9.77. The third-order valence-electron chi connectivity index (χ3n) is 5.48. The minimum atomic E-state index is -0.678. The van der Waals surface area contributed by atoms with Crippen LogP contribution in [0.3, 0.4) is 0 Å². The van der Waals surface area contributed by atoms with Crippen LogP contribution in [0.1, 0.15) is 50.3 Å². The molecule has 2 aromatic rings. The van der Waals surface area contributed by atoms with Crippen molar-refractivity contribution >= 4 is 11.6 Å². The van der Waals surface area contributed by atoms with Crippen molar-refractivity contribution in [2.24, 2.45) is 0 Å². The third kappa shape index (κ3) is 7.96. The molecule has 0 fully saturated rings. The molecule has 0 radical (unpaired) electrons. The molecule has 0 spiro atoms. The molecule has 178 valence electrons. The summed E-state index contributed by atoms with van der Waals surface area (Å²) in [5.41, 5.74) is 3.10. The fourth-order valence-corrected chi connectivity index (χ4v) is 3.36. The maximum atomic E-state index is 9.99. The Morgan fingerprint density at radius 1 is 0.906 bits per heavy atom. The summed E-state index contributed by atoms with van der Waals surface area (Å²) in [6.45, 7) is 9.78. The molecule has 2 atom stereocenters. The molecule has 5 nitrogen and oxygen atoms in total. The van der Waals surface area contributed by atoms with Gasteiger partial charge in [0.15, 0.2) is 0 Å². The van der Waals surface area contributed by atoms with E-state index in [9.17, 15) is 10.2 Å². The second kappa shape index (κ2) is 13.0. The highest BCUT2D eigenvalue weighted by Crippen LogP contribution is 2.34. The molecule has 0 saturated heterocycles. The maximum absolute atomic E-state index is 9.99. The van der Waals surface area contributed by atoms with E-state index in [-0.39, 0.29) is 31.1 Å². The van der Waals surface area contributed by atoms with E-state index in [4.69, 9.17) is 25.8 Å². The Morgan fingerprint density at radius 3 is 2.19 bits per heavy atom. The van der Waals surface area contributed by atoms with Crippen molar-refractivity contribution in [1.82, 2.24) is 0 Å². The number of alkyl halides is 1. The van der Waals surface area contributed by atoms with E-state index in [2.05, 4.69) is 45.0 Å². The smallest absolute Gasteiger partial charge is 0.122 e. The Morgan fingerprint density at radius 2 is 1.56 bits per heavy atom. The average molecular weight is 465 g/mol. The molecule has 6 heteroatoms. The topological polar surface area (TPSA) is 68.2 Å². The molecule has 0 aliphatic carbocycles. The number of ether oxygens (including phenoxy) is 3. The molecule has 0 amide bonds. The summed E-state index contributed by atoms with van der Waals surface area (Å²) in [5, 5.41) is 19.6. The first-order valence-corrected chi connectivity index (χ1v) is 11.8. The Labute approximate surface area is 197 Å². The molecule has 0 aromatic heterocycles. The van der Waals surface area contributed by atoms with E-state index < -0.39 is 12.2 Å². The van der Waals surface area contributed by atoms with Crippen molar-refractivity contribution in [2.75, 3.05) is 32.3 Å². The monoisotopic (exact) mass is 464 g/mol. The van der Waals surface area contributed by atoms with Gasteiger partial charge < -0.3 is 24.4 Å². The summed E-state index contributed by atoms with van der Waals surface area (Å²) in [7, 11) is 0. The summed E-state index contributed by atoms with van der Waals surface area (Å²) < 4.78 is 16.8. The van der Waals surface area contributed by atoms with Crippen LogP contribution in [0.5, 0.6) is 11.5 Å². The lowest BCUT2D eigenvalue weighted by molar-refractivity contribution is 0.0113. The van der Waals surface area contributed by atoms with Crippen LogP contribution in [0, 0.1) is 6.92 Å². The lowest BCUT2D eigenvalue weighted by Gasteiger charge is -2.27. The van der Waals surface area contributed by atoms with Crippen molar-refractivity contribution in [3.63, 3.8) is 0 Å². The number of benzene rings is 2. The summed E-state index contributed by atoms with van der Waals surface area (Å²) in [5.74, 6) is 1.61. The van der Waals surface area contributed by atoms with Gasteiger partial charge >= 0.3 is 0 Å². The van der Waals surface area contributed by atoms with Gasteiger partial charge in [-0.1, -0.05) is 51.5 Å². The summed E-state index contributed by atoms with van der Waals surface area (Å²) >= 11 is 5.63. The number of unbranched alkanes of at least 4 members (excludes halogenated alkanes) is 1. The Balaban J connectivity index is 1.96. The lowest BCUT2D eigenvalue weighted by Crippen LogP contribution is -2.24. The Bertz CT molecular complexity index is 806. The number of hydrogen-bond donors (Lipinski definition) is 2. The van der Waals surface area contributed by atoms with Crippen molar-refractivity contribution in [1.29, 1.82) is 0 Å². The van der Waals surface area contributed by atoms with E-state index in [1.54, 1.807) is 0 Å². The van der Waals surface area contributed by atoms with Gasteiger partial charge in [-0.25, -0.2) is 0 Å². The van der Waals surface area contributed by atoms with Crippen LogP contribution in [0.2, 0.25) is 0 Å². The van der Waals surface area contributed by atoms with E-state index in [0.29, 0.717) is 6.61 Å². The van der Waals surface area contributed by atoms with Gasteiger partial charge in [-0.15, -0.1) is 11.6 Å². The molecule has 2 rings (SSSR count). The molecule has 0 heterocycles. The van der Waals surface area contributed by atoms with Gasteiger partial charge in [0.05, 0.1) is 12.5 Å². The van der Waals surface area contributed by atoms with E-state index in [0.717, 1.165) is 41.0 Å². The van der Waals surface area contributed by atoms with Gasteiger partial charge in [-0.05, 0) is 48.2 Å². The summed E-state index contributed by atoms with van der Waals surface area (Å²) in [6, 6.07) is 14.1. The zero-order chi connectivity index (χ0) is 23.6. The highest BCUT2D eigenvalue weighted by atomic mass is 35.5. The van der Waals surface area contributed by atoms with Crippen LogP contribution in [0.25, 0.3) is 0 Å². The van der Waals surface area contributed by atoms with Crippen LogP contribution in [0.4, 0.5) is 0 Å². The van der Waals surface area contributed by atoms with Crippen LogP contribution >= 0.6 is 11.6 Å². The molecule has 0 bridgehead atoms. The van der Waals surface area contributed by atoms with Crippen molar-refractivity contribution in [3.8, 4) is 11.5 Å².